The maximum absolute atomic E-state index is 10.5. The van der Waals surface area contributed by atoms with Gasteiger partial charge in [-0.1, -0.05) is 0 Å². The van der Waals surface area contributed by atoms with Crippen molar-refractivity contribution in [1.29, 1.82) is 5.26 Å². The number of hydrogen-bond acceptors (Lipinski definition) is 4. The third kappa shape index (κ3) is 2.53. The summed E-state index contributed by atoms with van der Waals surface area (Å²) in [6, 6.07) is 1.48. The zero-order chi connectivity index (χ0) is 8.10. The lowest BCUT2D eigenvalue weighted by Crippen LogP contribution is -2.47. The van der Waals surface area contributed by atoms with Crippen molar-refractivity contribution in [3.8, 4) is 6.07 Å². The molecule has 1 saturated heterocycles. The lowest BCUT2D eigenvalue weighted by atomic mass is 10.5. The molecule has 0 atom stereocenters. The van der Waals surface area contributed by atoms with Crippen LogP contribution in [0.25, 0.3) is 0 Å². The molecule has 60 valence electrons. The SMILES string of the molecule is N#CC(=O)NN1CCOCC1. The molecule has 5 heteroatoms. The summed E-state index contributed by atoms with van der Waals surface area (Å²) in [6.07, 6.45) is 0. The highest BCUT2D eigenvalue weighted by Crippen LogP contribution is 1.91. The van der Waals surface area contributed by atoms with E-state index in [0.29, 0.717) is 26.3 Å². The molecular formula is C6H9N3O2. The molecule has 0 aliphatic carbocycles. The van der Waals surface area contributed by atoms with Gasteiger partial charge in [0.05, 0.1) is 13.2 Å². The Kier molecular flexibility index (Phi) is 2.83. The fourth-order valence-corrected chi connectivity index (χ4v) is 0.844. The molecule has 0 bridgehead atoms. The third-order valence-electron chi connectivity index (χ3n) is 1.37. The topological polar surface area (TPSA) is 65.4 Å². The summed E-state index contributed by atoms with van der Waals surface area (Å²) in [4.78, 5) is 10.5. The van der Waals surface area contributed by atoms with Crippen molar-refractivity contribution in [3.05, 3.63) is 0 Å². The number of carbonyl (C=O) groups is 1. The molecule has 5 nitrogen and oxygen atoms in total. The van der Waals surface area contributed by atoms with Crippen LogP contribution in [0, 0.1) is 11.3 Å². The number of amides is 1. The molecule has 1 heterocycles. The molecule has 0 unspecified atom stereocenters. The molecule has 1 fully saturated rings. The number of hydrazine groups is 1. The average Bonchev–Trinajstić information content (AvgIpc) is 2.06. The number of hydrogen-bond donors (Lipinski definition) is 1. The van der Waals surface area contributed by atoms with Crippen LogP contribution in [0.15, 0.2) is 0 Å². The van der Waals surface area contributed by atoms with Gasteiger partial charge in [-0.3, -0.25) is 10.2 Å². The molecule has 0 radical (unpaired) electrons. The van der Waals surface area contributed by atoms with Crippen molar-refractivity contribution in [2.45, 2.75) is 0 Å². The zero-order valence-electron chi connectivity index (χ0n) is 6.04. The Labute approximate surface area is 64.5 Å². The second-order valence-corrected chi connectivity index (χ2v) is 2.15. The van der Waals surface area contributed by atoms with Crippen LogP contribution in [0.3, 0.4) is 0 Å². The second-order valence-electron chi connectivity index (χ2n) is 2.15. The van der Waals surface area contributed by atoms with Gasteiger partial charge in [-0.05, 0) is 0 Å². The molecule has 0 spiro atoms. The van der Waals surface area contributed by atoms with Crippen LogP contribution < -0.4 is 5.43 Å². The Morgan fingerprint density at radius 1 is 1.55 bits per heavy atom. The molecule has 0 aromatic heterocycles. The second kappa shape index (κ2) is 3.91. The highest BCUT2D eigenvalue weighted by molar-refractivity contribution is 5.90. The first-order valence-corrected chi connectivity index (χ1v) is 3.36. The minimum Gasteiger partial charge on any atom is -0.379 e. The monoisotopic (exact) mass is 155 g/mol. The number of carbonyl (C=O) groups excluding carboxylic acids is 1. The number of nitrogens with zero attached hydrogens (tertiary/aromatic N) is 2. The minimum absolute atomic E-state index is 0.603. The van der Waals surface area contributed by atoms with Gasteiger partial charge in [0.1, 0.15) is 0 Å². The number of ether oxygens (including phenoxy) is 1. The fourth-order valence-electron chi connectivity index (χ4n) is 0.844. The van der Waals surface area contributed by atoms with Crippen molar-refractivity contribution in [3.63, 3.8) is 0 Å². The summed E-state index contributed by atoms with van der Waals surface area (Å²) >= 11 is 0. The number of nitriles is 1. The quantitative estimate of drug-likeness (QED) is 0.487. The van der Waals surface area contributed by atoms with Crippen LogP contribution in [0.1, 0.15) is 0 Å². The van der Waals surface area contributed by atoms with Gasteiger partial charge in [-0.2, -0.15) is 5.26 Å². The van der Waals surface area contributed by atoms with Crippen LogP contribution in [-0.4, -0.2) is 37.2 Å². The van der Waals surface area contributed by atoms with Gasteiger partial charge in [0.15, 0.2) is 6.07 Å². The summed E-state index contributed by atoms with van der Waals surface area (Å²) in [7, 11) is 0. The van der Waals surface area contributed by atoms with E-state index >= 15 is 0 Å². The number of nitrogens with one attached hydrogen (secondary N) is 1. The van der Waals surface area contributed by atoms with E-state index in [4.69, 9.17) is 10.00 Å². The van der Waals surface area contributed by atoms with E-state index in [0.717, 1.165) is 0 Å². The number of rotatable bonds is 1. The van der Waals surface area contributed by atoms with Crippen LogP contribution in [0.5, 0.6) is 0 Å². The predicted octanol–water partition coefficient (Wildman–Crippen LogP) is -1.13. The largest absolute Gasteiger partial charge is 0.379 e. The molecule has 11 heavy (non-hydrogen) atoms. The molecule has 0 saturated carbocycles. The van der Waals surface area contributed by atoms with Crippen molar-refractivity contribution in [1.82, 2.24) is 10.4 Å². The summed E-state index contributed by atoms with van der Waals surface area (Å²) in [5.41, 5.74) is 2.42. The smallest absolute Gasteiger partial charge is 0.336 e. The van der Waals surface area contributed by atoms with Gasteiger partial charge in [-0.15, -0.1) is 0 Å². The van der Waals surface area contributed by atoms with E-state index in [1.807, 2.05) is 0 Å². The van der Waals surface area contributed by atoms with E-state index in [1.165, 1.54) is 6.07 Å². The third-order valence-corrected chi connectivity index (χ3v) is 1.37. The Bertz CT molecular complexity index is 181. The highest BCUT2D eigenvalue weighted by Gasteiger charge is 2.11. The summed E-state index contributed by atoms with van der Waals surface area (Å²) in [5.74, 6) is -0.619. The molecule has 0 aromatic rings. The first-order valence-electron chi connectivity index (χ1n) is 3.36. The van der Waals surface area contributed by atoms with E-state index in [9.17, 15) is 4.79 Å². The fraction of sp³-hybridized carbons (Fsp3) is 0.667. The Balaban J connectivity index is 2.25. The maximum atomic E-state index is 10.5. The normalized spacial score (nSPS) is 18.8. The minimum atomic E-state index is -0.619. The molecule has 0 aromatic carbocycles. The van der Waals surface area contributed by atoms with Crippen molar-refractivity contribution < 1.29 is 9.53 Å². The van der Waals surface area contributed by atoms with Crippen LogP contribution in [0.2, 0.25) is 0 Å². The van der Waals surface area contributed by atoms with Crippen LogP contribution in [-0.2, 0) is 9.53 Å². The Hall–Kier alpha value is -1.12. The first-order chi connectivity index (χ1) is 5.33. The molecular weight excluding hydrogens is 146 g/mol. The van der Waals surface area contributed by atoms with Crippen molar-refractivity contribution in [2.75, 3.05) is 26.3 Å². The average molecular weight is 155 g/mol. The Morgan fingerprint density at radius 2 is 2.18 bits per heavy atom. The highest BCUT2D eigenvalue weighted by atomic mass is 16.5. The van der Waals surface area contributed by atoms with Gasteiger partial charge >= 0.3 is 5.91 Å². The summed E-state index contributed by atoms with van der Waals surface area (Å²) < 4.78 is 5.04. The van der Waals surface area contributed by atoms with E-state index < -0.39 is 5.91 Å². The standard InChI is InChI=1S/C6H9N3O2/c7-5-6(10)8-9-1-3-11-4-2-9/h1-4H2,(H,8,10). The van der Waals surface area contributed by atoms with Crippen LogP contribution >= 0.6 is 0 Å². The van der Waals surface area contributed by atoms with Crippen LogP contribution in [0.4, 0.5) is 0 Å². The van der Waals surface area contributed by atoms with Gasteiger partial charge in [-0.25, -0.2) is 5.01 Å². The molecule has 1 aliphatic rings. The zero-order valence-corrected chi connectivity index (χ0v) is 6.04. The van der Waals surface area contributed by atoms with Gasteiger partial charge in [0.2, 0.25) is 0 Å². The molecule has 1 aliphatic heterocycles. The first kappa shape index (κ1) is 7.98. The van der Waals surface area contributed by atoms with Gasteiger partial charge < -0.3 is 4.74 Å². The Morgan fingerprint density at radius 3 is 2.73 bits per heavy atom. The van der Waals surface area contributed by atoms with E-state index in [2.05, 4.69) is 5.43 Å². The van der Waals surface area contributed by atoms with Gasteiger partial charge in [0, 0.05) is 13.1 Å². The van der Waals surface area contributed by atoms with Crippen molar-refractivity contribution >= 4 is 5.91 Å². The maximum Gasteiger partial charge on any atom is 0.336 e. The summed E-state index contributed by atoms with van der Waals surface area (Å²) in [6.45, 7) is 2.50. The molecule has 1 rings (SSSR count). The molecule has 1 N–H and O–H groups in total. The van der Waals surface area contributed by atoms with E-state index in [1.54, 1.807) is 5.01 Å². The lowest BCUT2D eigenvalue weighted by molar-refractivity contribution is -0.122. The lowest BCUT2D eigenvalue weighted by Gasteiger charge is -2.25. The predicted molar refractivity (Wildman–Crippen MR) is 36.1 cm³/mol. The van der Waals surface area contributed by atoms with E-state index in [-0.39, 0.29) is 0 Å². The van der Waals surface area contributed by atoms with Crippen molar-refractivity contribution in [2.24, 2.45) is 0 Å². The molecule has 1 amide bonds. The summed E-state index contributed by atoms with van der Waals surface area (Å²) in [5, 5.41) is 9.82. The van der Waals surface area contributed by atoms with Gasteiger partial charge in [0.25, 0.3) is 0 Å². The number of morpholine rings is 1.